The minimum atomic E-state index is 0.495. The molecule has 0 saturated heterocycles. The highest BCUT2D eigenvalue weighted by atomic mass is 32.2. The SMILES string of the molecule is CSC(=S)C1SC=CS1. The molecule has 9 heavy (non-hydrogen) atoms. The Balaban J connectivity index is 2.36. The molecule has 0 unspecified atom stereocenters. The van der Waals surface area contributed by atoms with Crippen LogP contribution in [0.15, 0.2) is 10.8 Å². The zero-order valence-electron chi connectivity index (χ0n) is 4.87. The maximum atomic E-state index is 5.10. The monoisotopic (exact) mass is 194 g/mol. The second-order valence-corrected chi connectivity index (χ2v) is 5.28. The zero-order valence-corrected chi connectivity index (χ0v) is 8.13. The highest BCUT2D eigenvalue weighted by Gasteiger charge is 2.15. The highest BCUT2D eigenvalue weighted by molar-refractivity contribution is 8.31. The van der Waals surface area contributed by atoms with E-state index in [1.54, 1.807) is 35.3 Å². The number of thiocarbonyl (C=S) groups is 1. The third-order valence-electron chi connectivity index (χ3n) is 0.854. The molecule has 0 aliphatic carbocycles. The van der Waals surface area contributed by atoms with Crippen LogP contribution in [0.2, 0.25) is 0 Å². The maximum absolute atomic E-state index is 5.10. The molecular formula is C5H6S4. The van der Waals surface area contributed by atoms with Gasteiger partial charge in [-0.1, -0.05) is 12.2 Å². The highest BCUT2D eigenvalue weighted by Crippen LogP contribution is 2.36. The van der Waals surface area contributed by atoms with Gasteiger partial charge in [-0.3, -0.25) is 0 Å². The van der Waals surface area contributed by atoms with Crippen LogP contribution in [0, 0.1) is 0 Å². The van der Waals surface area contributed by atoms with Crippen LogP contribution in [0.4, 0.5) is 0 Å². The Morgan fingerprint density at radius 1 is 1.56 bits per heavy atom. The van der Waals surface area contributed by atoms with Gasteiger partial charge in [-0.05, 0) is 17.1 Å². The van der Waals surface area contributed by atoms with E-state index in [0.29, 0.717) is 4.58 Å². The molecule has 0 fully saturated rings. The van der Waals surface area contributed by atoms with Crippen LogP contribution >= 0.6 is 47.5 Å². The Hall–Kier alpha value is 0.880. The van der Waals surface area contributed by atoms with Crippen LogP contribution in [-0.2, 0) is 0 Å². The van der Waals surface area contributed by atoms with Crippen molar-refractivity contribution in [2.45, 2.75) is 4.58 Å². The van der Waals surface area contributed by atoms with Crippen molar-refractivity contribution in [1.82, 2.24) is 0 Å². The van der Waals surface area contributed by atoms with Crippen LogP contribution < -0.4 is 0 Å². The summed E-state index contributed by atoms with van der Waals surface area (Å²) in [5.74, 6) is 0. The predicted molar refractivity (Wildman–Crippen MR) is 54.2 cm³/mol. The predicted octanol–water partition coefficient (Wildman–Crippen LogP) is 2.95. The Morgan fingerprint density at radius 3 is 2.56 bits per heavy atom. The fourth-order valence-electron chi connectivity index (χ4n) is 0.446. The Morgan fingerprint density at radius 2 is 2.11 bits per heavy atom. The first kappa shape index (κ1) is 7.98. The molecule has 50 valence electrons. The molecule has 0 bridgehead atoms. The van der Waals surface area contributed by atoms with Crippen molar-refractivity contribution >= 4 is 51.7 Å². The summed E-state index contributed by atoms with van der Waals surface area (Å²) in [5, 5.41) is 4.19. The van der Waals surface area contributed by atoms with E-state index in [4.69, 9.17) is 12.2 Å². The molecule has 0 saturated carbocycles. The topological polar surface area (TPSA) is 0 Å². The van der Waals surface area contributed by atoms with Gasteiger partial charge in [-0.25, -0.2) is 0 Å². The Bertz CT molecular complexity index is 132. The van der Waals surface area contributed by atoms with Crippen LogP contribution in [0.3, 0.4) is 0 Å². The summed E-state index contributed by atoms with van der Waals surface area (Å²) in [6.45, 7) is 0. The lowest BCUT2D eigenvalue weighted by atomic mass is 10.9. The molecule has 0 radical (unpaired) electrons. The molecule has 0 N–H and O–H groups in total. The van der Waals surface area contributed by atoms with Crippen molar-refractivity contribution < 1.29 is 0 Å². The molecule has 0 amide bonds. The van der Waals surface area contributed by atoms with Crippen LogP contribution in [0.1, 0.15) is 0 Å². The quantitative estimate of drug-likeness (QED) is 0.588. The van der Waals surface area contributed by atoms with Gasteiger partial charge in [-0.15, -0.1) is 35.3 Å². The standard InChI is InChI=1S/C5H6S4/c1-7-4(6)5-8-2-3-9-5/h2-3,5H,1H3. The van der Waals surface area contributed by atoms with E-state index >= 15 is 0 Å². The van der Waals surface area contributed by atoms with Crippen molar-refractivity contribution in [2.75, 3.05) is 6.26 Å². The average molecular weight is 194 g/mol. The van der Waals surface area contributed by atoms with E-state index in [1.807, 2.05) is 6.26 Å². The van der Waals surface area contributed by atoms with Gasteiger partial charge in [-0.2, -0.15) is 0 Å². The molecule has 0 spiro atoms. The second kappa shape index (κ2) is 3.91. The van der Waals surface area contributed by atoms with Crippen LogP contribution in [-0.4, -0.2) is 15.0 Å². The summed E-state index contributed by atoms with van der Waals surface area (Å²) in [7, 11) is 0. The van der Waals surface area contributed by atoms with Crippen molar-refractivity contribution in [3.8, 4) is 0 Å². The van der Waals surface area contributed by atoms with E-state index in [9.17, 15) is 0 Å². The molecular weight excluding hydrogens is 188 g/mol. The first-order valence-corrected chi connectivity index (χ1v) is 5.90. The fourth-order valence-corrected chi connectivity index (χ4v) is 3.55. The van der Waals surface area contributed by atoms with Crippen LogP contribution in [0.25, 0.3) is 0 Å². The van der Waals surface area contributed by atoms with Gasteiger partial charge in [0.15, 0.2) is 0 Å². The lowest BCUT2D eigenvalue weighted by molar-refractivity contribution is 1.98. The summed E-state index contributed by atoms with van der Waals surface area (Å²) in [4.78, 5) is 0. The molecule has 1 heterocycles. The largest absolute Gasteiger partial charge is 0.120 e. The van der Waals surface area contributed by atoms with Crippen LogP contribution in [0.5, 0.6) is 0 Å². The number of rotatable bonds is 1. The molecule has 1 aliphatic heterocycles. The zero-order chi connectivity index (χ0) is 6.69. The van der Waals surface area contributed by atoms with Gasteiger partial charge in [0.2, 0.25) is 0 Å². The molecule has 1 rings (SSSR count). The summed E-state index contributed by atoms with van der Waals surface area (Å²) in [5.41, 5.74) is 0. The Labute approximate surface area is 73.2 Å². The summed E-state index contributed by atoms with van der Waals surface area (Å²) in [6.07, 6.45) is 2.03. The first-order valence-electron chi connectivity index (χ1n) is 2.38. The van der Waals surface area contributed by atoms with Gasteiger partial charge in [0.05, 0.1) is 8.78 Å². The van der Waals surface area contributed by atoms with Crippen molar-refractivity contribution in [3.05, 3.63) is 10.8 Å². The minimum absolute atomic E-state index is 0.495. The van der Waals surface area contributed by atoms with E-state index in [-0.39, 0.29) is 0 Å². The van der Waals surface area contributed by atoms with E-state index in [0.717, 1.165) is 4.20 Å². The maximum Gasteiger partial charge on any atom is 0.0994 e. The van der Waals surface area contributed by atoms with Gasteiger partial charge in [0.25, 0.3) is 0 Å². The molecule has 0 aromatic heterocycles. The lowest BCUT2D eigenvalue weighted by Crippen LogP contribution is -2.01. The summed E-state index contributed by atoms with van der Waals surface area (Å²) >= 11 is 10.4. The molecule has 4 heteroatoms. The minimum Gasteiger partial charge on any atom is -0.120 e. The van der Waals surface area contributed by atoms with E-state index < -0.39 is 0 Å². The van der Waals surface area contributed by atoms with E-state index in [2.05, 4.69) is 10.8 Å². The normalized spacial score (nSPS) is 18.8. The second-order valence-electron chi connectivity index (χ2n) is 1.40. The van der Waals surface area contributed by atoms with Gasteiger partial charge >= 0.3 is 0 Å². The lowest BCUT2D eigenvalue weighted by Gasteiger charge is -2.04. The average Bonchev–Trinajstić information content (AvgIpc) is 2.37. The smallest absolute Gasteiger partial charge is 0.0994 e. The summed E-state index contributed by atoms with van der Waals surface area (Å²) in [6, 6.07) is 0. The van der Waals surface area contributed by atoms with Crippen molar-refractivity contribution in [2.24, 2.45) is 0 Å². The molecule has 0 atom stereocenters. The number of thioether (sulfide) groups is 3. The Kier molecular flexibility index (Phi) is 3.46. The molecule has 0 aromatic rings. The molecule has 0 nitrogen and oxygen atoms in total. The van der Waals surface area contributed by atoms with Crippen molar-refractivity contribution in [1.29, 1.82) is 0 Å². The van der Waals surface area contributed by atoms with Gasteiger partial charge < -0.3 is 0 Å². The number of hydrogen-bond donors (Lipinski definition) is 0. The van der Waals surface area contributed by atoms with Gasteiger partial charge in [0.1, 0.15) is 0 Å². The number of hydrogen-bond acceptors (Lipinski definition) is 4. The fraction of sp³-hybridized carbons (Fsp3) is 0.400. The van der Waals surface area contributed by atoms with Crippen molar-refractivity contribution in [3.63, 3.8) is 0 Å². The van der Waals surface area contributed by atoms with Gasteiger partial charge in [0, 0.05) is 0 Å². The van der Waals surface area contributed by atoms with E-state index in [1.165, 1.54) is 0 Å². The third-order valence-corrected chi connectivity index (χ3v) is 5.22. The molecule has 0 aromatic carbocycles. The molecule has 1 aliphatic rings. The third kappa shape index (κ3) is 2.18. The summed E-state index contributed by atoms with van der Waals surface area (Å²) < 4.78 is 1.59. The first-order chi connectivity index (χ1) is 4.34.